The molecular formula is C12H13F3O2. The van der Waals surface area contributed by atoms with E-state index in [-0.39, 0.29) is 16.9 Å². The van der Waals surface area contributed by atoms with Gasteiger partial charge in [0.1, 0.15) is 5.75 Å². The van der Waals surface area contributed by atoms with Crippen molar-refractivity contribution in [2.75, 3.05) is 6.61 Å². The number of Topliss-reactive ketones (excluding diaryl/α,β-unsaturated/α-hetero) is 1. The Morgan fingerprint density at radius 2 is 1.94 bits per heavy atom. The summed E-state index contributed by atoms with van der Waals surface area (Å²) >= 11 is 0. The van der Waals surface area contributed by atoms with Crippen molar-refractivity contribution in [1.82, 2.24) is 0 Å². The lowest BCUT2D eigenvalue weighted by Crippen LogP contribution is -2.14. The molecule has 0 amide bonds. The largest absolute Gasteiger partial charge is 0.494 e. The number of ether oxygens (including phenoxy) is 1. The number of ketones is 1. The van der Waals surface area contributed by atoms with Gasteiger partial charge in [-0.15, -0.1) is 0 Å². The Labute approximate surface area is 97.4 Å². The van der Waals surface area contributed by atoms with E-state index >= 15 is 0 Å². The summed E-state index contributed by atoms with van der Waals surface area (Å²) in [6, 6.07) is 2.43. The summed E-state index contributed by atoms with van der Waals surface area (Å²) in [5.41, 5.74) is -1.23. The maximum absolute atomic E-state index is 12.8. The number of halogens is 3. The van der Waals surface area contributed by atoms with E-state index in [2.05, 4.69) is 0 Å². The molecule has 5 heteroatoms. The zero-order valence-corrected chi connectivity index (χ0v) is 9.81. The molecule has 0 fully saturated rings. The Hall–Kier alpha value is -1.52. The maximum Gasteiger partial charge on any atom is 0.417 e. The third-order valence-electron chi connectivity index (χ3n) is 2.28. The summed E-state index contributed by atoms with van der Waals surface area (Å²) in [6.45, 7) is 4.49. The van der Waals surface area contributed by atoms with E-state index in [9.17, 15) is 18.0 Å². The van der Waals surface area contributed by atoms with Crippen molar-refractivity contribution in [3.63, 3.8) is 0 Å². The summed E-state index contributed by atoms with van der Waals surface area (Å²) in [4.78, 5) is 11.3. The van der Waals surface area contributed by atoms with Crippen LogP contribution >= 0.6 is 0 Å². The SMILES string of the molecule is CCOc1cc(C)c(C(F)(F)F)c(C(C)=O)c1. The highest BCUT2D eigenvalue weighted by Crippen LogP contribution is 2.36. The highest BCUT2D eigenvalue weighted by Gasteiger charge is 2.36. The number of hydrogen-bond acceptors (Lipinski definition) is 2. The average molecular weight is 246 g/mol. The Balaban J connectivity index is 3.44. The molecule has 0 aliphatic heterocycles. The molecule has 0 atom stereocenters. The van der Waals surface area contributed by atoms with Gasteiger partial charge < -0.3 is 4.74 Å². The number of carbonyl (C=O) groups is 1. The molecule has 1 rings (SSSR count). The molecule has 1 aromatic carbocycles. The molecule has 0 saturated carbocycles. The predicted molar refractivity (Wildman–Crippen MR) is 57.4 cm³/mol. The number of hydrogen-bond donors (Lipinski definition) is 0. The number of aryl methyl sites for hydroxylation is 1. The fourth-order valence-electron chi connectivity index (χ4n) is 1.66. The Bertz CT molecular complexity index is 436. The van der Waals surface area contributed by atoms with Gasteiger partial charge in [0.25, 0.3) is 0 Å². The molecule has 0 radical (unpaired) electrons. The predicted octanol–water partition coefficient (Wildman–Crippen LogP) is 3.62. The molecule has 0 heterocycles. The van der Waals surface area contributed by atoms with Gasteiger partial charge in [0, 0.05) is 5.56 Å². The van der Waals surface area contributed by atoms with Crippen LogP contribution in [0.4, 0.5) is 13.2 Å². The van der Waals surface area contributed by atoms with Crippen LogP contribution in [0.3, 0.4) is 0 Å². The van der Waals surface area contributed by atoms with Crippen molar-refractivity contribution in [2.24, 2.45) is 0 Å². The van der Waals surface area contributed by atoms with Gasteiger partial charge in [0.15, 0.2) is 5.78 Å². The number of benzene rings is 1. The lowest BCUT2D eigenvalue weighted by molar-refractivity contribution is -0.138. The molecule has 17 heavy (non-hydrogen) atoms. The molecule has 0 bridgehead atoms. The van der Waals surface area contributed by atoms with E-state index in [0.717, 1.165) is 13.0 Å². The molecule has 0 saturated heterocycles. The molecule has 1 aromatic rings. The number of carbonyl (C=O) groups excluding carboxylic acids is 1. The zero-order chi connectivity index (χ0) is 13.2. The van der Waals surface area contributed by atoms with E-state index < -0.39 is 17.5 Å². The van der Waals surface area contributed by atoms with E-state index in [1.54, 1.807) is 6.92 Å². The fraction of sp³-hybridized carbons (Fsp3) is 0.417. The first-order valence-corrected chi connectivity index (χ1v) is 5.13. The maximum atomic E-state index is 12.8. The van der Waals surface area contributed by atoms with Gasteiger partial charge in [0.2, 0.25) is 0 Å². The summed E-state index contributed by atoms with van der Waals surface area (Å²) in [6.07, 6.45) is -4.53. The summed E-state index contributed by atoms with van der Waals surface area (Å²) in [5, 5.41) is 0. The second-order valence-electron chi connectivity index (χ2n) is 3.65. The lowest BCUT2D eigenvalue weighted by atomic mass is 9.98. The second-order valence-corrected chi connectivity index (χ2v) is 3.65. The number of alkyl halides is 3. The van der Waals surface area contributed by atoms with Crippen LogP contribution in [0.2, 0.25) is 0 Å². The molecule has 0 N–H and O–H groups in total. The molecule has 0 unspecified atom stereocenters. The molecule has 0 spiro atoms. The van der Waals surface area contributed by atoms with Crippen LogP contribution in [-0.2, 0) is 6.18 Å². The summed E-state index contributed by atoms with van der Waals surface area (Å²) in [5.74, 6) is -0.342. The van der Waals surface area contributed by atoms with Gasteiger partial charge in [-0.05, 0) is 38.5 Å². The molecule has 0 aliphatic rings. The number of rotatable bonds is 3. The van der Waals surface area contributed by atoms with E-state index in [0.29, 0.717) is 6.61 Å². The van der Waals surface area contributed by atoms with Crippen molar-refractivity contribution in [2.45, 2.75) is 26.9 Å². The van der Waals surface area contributed by atoms with Gasteiger partial charge in [-0.2, -0.15) is 13.2 Å². The molecule has 94 valence electrons. The highest BCUT2D eigenvalue weighted by atomic mass is 19.4. The fourth-order valence-corrected chi connectivity index (χ4v) is 1.66. The second kappa shape index (κ2) is 4.77. The van der Waals surface area contributed by atoms with Gasteiger partial charge in [-0.25, -0.2) is 0 Å². The first kappa shape index (κ1) is 13.5. The smallest absolute Gasteiger partial charge is 0.417 e. The van der Waals surface area contributed by atoms with Crippen LogP contribution in [0.25, 0.3) is 0 Å². The van der Waals surface area contributed by atoms with Crippen molar-refractivity contribution in [3.05, 3.63) is 28.8 Å². The van der Waals surface area contributed by atoms with Gasteiger partial charge >= 0.3 is 6.18 Å². The molecule has 2 nitrogen and oxygen atoms in total. The van der Waals surface area contributed by atoms with Crippen LogP contribution in [0.5, 0.6) is 5.75 Å². The van der Waals surface area contributed by atoms with Crippen LogP contribution in [0.1, 0.15) is 35.3 Å². The quantitative estimate of drug-likeness (QED) is 0.761. The first-order chi connectivity index (χ1) is 7.77. The third-order valence-corrected chi connectivity index (χ3v) is 2.28. The third kappa shape index (κ3) is 2.99. The Kier molecular flexibility index (Phi) is 3.80. The van der Waals surface area contributed by atoms with Crippen molar-refractivity contribution in [3.8, 4) is 5.75 Å². The lowest BCUT2D eigenvalue weighted by Gasteiger charge is -2.16. The van der Waals surface area contributed by atoms with Crippen molar-refractivity contribution in [1.29, 1.82) is 0 Å². The van der Waals surface area contributed by atoms with E-state index in [1.807, 2.05) is 0 Å². The van der Waals surface area contributed by atoms with Crippen LogP contribution in [-0.4, -0.2) is 12.4 Å². The van der Waals surface area contributed by atoms with Crippen molar-refractivity contribution < 1.29 is 22.7 Å². The average Bonchev–Trinajstić information content (AvgIpc) is 2.14. The van der Waals surface area contributed by atoms with Crippen LogP contribution < -0.4 is 4.74 Å². The normalized spacial score (nSPS) is 11.4. The highest BCUT2D eigenvalue weighted by molar-refractivity contribution is 5.96. The Morgan fingerprint density at radius 3 is 2.35 bits per heavy atom. The van der Waals surface area contributed by atoms with Gasteiger partial charge in [0.05, 0.1) is 12.2 Å². The Morgan fingerprint density at radius 1 is 1.35 bits per heavy atom. The standard InChI is InChI=1S/C12H13F3O2/c1-4-17-9-5-7(2)11(12(13,14)15)10(6-9)8(3)16/h5-6H,4H2,1-3H3. The zero-order valence-electron chi connectivity index (χ0n) is 9.81. The molecule has 0 aliphatic carbocycles. The van der Waals surface area contributed by atoms with Crippen LogP contribution in [0.15, 0.2) is 12.1 Å². The molecule has 0 aromatic heterocycles. The first-order valence-electron chi connectivity index (χ1n) is 5.13. The molecular weight excluding hydrogens is 233 g/mol. The summed E-state index contributed by atoms with van der Waals surface area (Å²) < 4.78 is 43.5. The minimum Gasteiger partial charge on any atom is -0.494 e. The van der Waals surface area contributed by atoms with Crippen LogP contribution in [0, 0.1) is 6.92 Å². The monoisotopic (exact) mass is 246 g/mol. The van der Waals surface area contributed by atoms with E-state index in [1.165, 1.54) is 13.0 Å². The minimum atomic E-state index is -4.53. The van der Waals surface area contributed by atoms with E-state index in [4.69, 9.17) is 4.74 Å². The van der Waals surface area contributed by atoms with Gasteiger partial charge in [-0.1, -0.05) is 0 Å². The van der Waals surface area contributed by atoms with Crippen molar-refractivity contribution >= 4 is 5.78 Å². The van der Waals surface area contributed by atoms with Gasteiger partial charge in [-0.3, -0.25) is 4.79 Å². The minimum absolute atomic E-state index is 0.00588. The summed E-state index contributed by atoms with van der Waals surface area (Å²) in [7, 11) is 0. The topological polar surface area (TPSA) is 26.3 Å².